The van der Waals surface area contributed by atoms with Crippen LogP contribution in [0.4, 0.5) is 0 Å². The number of aryl methyl sites for hydroxylation is 1. The first-order valence-electron chi connectivity index (χ1n) is 6.17. The van der Waals surface area contributed by atoms with Gasteiger partial charge in [-0.1, -0.05) is 0 Å². The molecule has 1 fully saturated rings. The van der Waals surface area contributed by atoms with E-state index in [4.69, 9.17) is 5.11 Å². The lowest BCUT2D eigenvalue weighted by Crippen LogP contribution is -2.53. The van der Waals surface area contributed by atoms with Gasteiger partial charge in [0.2, 0.25) is 0 Å². The molecule has 1 unspecified atom stereocenters. The van der Waals surface area contributed by atoms with Gasteiger partial charge in [0.25, 0.3) is 5.91 Å². The van der Waals surface area contributed by atoms with E-state index in [1.54, 1.807) is 17.2 Å². The van der Waals surface area contributed by atoms with Gasteiger partial charge in [-0.3, -0.25) is 14.5 Å². The molecule has 2 heterocycles. The number of rotatable bonds is 3. The van der Waals surface area contributed by atoms with Crippen molar-refractivity contribution in [3.8, 4) is 0 Å². The van der Waals surface area contributed by atoms with Gasteiger partial charge < -0.3 is 10.0 Å². The molecule has 0 bridgehead atoms. The smallest absolute Gasteiger partial charge is 0.320 e. The number of carboxylic acid groups (broad SMARTS) is 1. The molecule has 7 heteroatoms. The van der Waals surface area contributed by atoms with Gasteiger partial charge in [0, 0.05) is 31.6 Å². The molecule has 0 aromatic carbocycles. The van der Waals surface area contributed by atoms with Crippen molar-refractivity contribution >= 4 is 23.2 Å². The number of thiazole rings is 1. The Labute approximate surface area is 115 Å². The number of carboxylic acids is 1. The number of carbonyl (C=O) groups is 2. The van der Waals surface area contributed by atoms with Gasteiger partial charge in [-0.2, -0.15) is 0 Å². The summed E-state index contributed by atoms with van der Waals surface area (Å²) >= 11 is 1.46. The second-order valence-electron chi connectivity index (χ2n) is 4.59. The van der Waals surface area contributed by atoms with Crippen LogP contribution in [0.25, 0.3) is 0 Å². The van der Waals surface area contributed by atoms with E-state index in [2.05, 4.69) is 4.98 Å². The maximum absolute atomic E-state index is 12.2. The van der Waals surface area contributed by atoms with Crippen molar-refractivity contribution in [1.29, 1.82) is 0 Å². The number of hydrogen-bond acceptors (Lipinski definition) is 5. The Kier molecular flexibility index (Phi) is 4.16. The molecule has 1 aliphatic heterocycles. The quantitative estimate of drug-likeness (QED) is 0.883. The highest BCUT2D eigenvalue weighted by Gasteiger charge is 2.28. The van der Waals surface area contributed by atoms with E-state index in [0.717, 1.165) is 5.01 Å². The van der Waals surface area contributed by atoms with Crippen molar-refractivity contribution in [2.75, 3.05) is 26.2 Å². The average Bonchev–Trinajstić information content (AvgIpc) is 2.84. The van der Waals surface area contributed by atoms with Crippen LogP contribution in [0.5, 0.6) is 0 Å². The number of amides is 1. The Morgan fingerprint density at radius 1 is 1.37 bits per heavy atom. The van der Waals surface area contributed by atoms with E-state index in [1.165, 1.54) is 11.3 Å². The highest BCUT2D eigenvalue weighted by atomic mass is 32.1. The molecule has 1 amide bonds. The normalized spacial score (nSPS) is 18.3. The number of hydrogen-bond donors (Lipinski definition) is 1. The van der Waals surface area contributed by atoms with Crippen LogP contribution in [0.15, 0.2) is 5.38 Å². The van der Waals surface area contributed by atoms with Crippen molar-refractivity contribution in [2.24, 2.45) is 0 Å². The van der Waals surface area contributed by atoms with E-state index in [9.17, 15) is 9.59 Å². The first kappa shape index (κ1) is 14.0. The minimum Gasteiger partial charge on any atom is -0.480 e. The SMILES string of the molecule is Cc1nc(C(=O)N2CCN(C(C)C(=O)O)CC2)cs1. The fourth-order valence-electron chi connectivity index (χ4n) is 2.09. The van der Waals surface area contributed by atoms with Crippen molar-refractivity contribution in [3.05, 3.63) is 16.1 Å². The summed E-state index contributed by atoms with van der Waals surface area (Å²) in [6, 6.07) is -0.501. The molecule has 6 nitrogen and oxygen atoms in total. The number of aliphatic carboxylic acids is 1. The van der Waals surface area contributed by atoms with Crippen LogP contribution in [-0.4, -0.2) is 64.0 Å². The van der Waals surface area contributed by atoms with Crippen LogP contribution in [0.1, 0.15) is 22.4 Å². The van der Waals surface area contributed by atoms with Crippen molar-refractivity contribution in [2.45, 2.75) is 19.9 Å². The summed E-state index contributed by atoms with van der Waals surface area (Å²) < 4.78 is 0. The Bertz CT molecular complexity index is 480. The molecular formula is C12H17N3O3S. The lowest BCUT2D eigenvalue weighted by molar-refractivity contribution is -0.143. The maximum Gasteiger partial charge on any atom is 0.320 e. The molecule has 1 aliphatic rings. The van der Waals surface area contributed by atoms with Crippen LogP contribution in [0, 0.1) is 6.92 Å². The Morgan fingerprint density at radius 2 is 2.00 bits per heavy atom. The van der Waals surface area contributed by atoms with E-state index in [1.807, 2.05) is 11.8 Å². The number of aromatic nitrogens is 1. The summed E-state index contributed by atoms with van der Waals surface area (Å²) in [5.74, 6) is -0.887. The zero-order valence-electron chi connectivity index (χ0n) is 11.0. The van der Waals surface area contributed by atoms with Gasteiger partial charge in [0.05, 0.1) is 5.01 Å². The van der Waals surface area contributed by atoms with Crippen LogP contribution >= 0.6 is 11.3 Å². The molecular weight excluding hydrogens is 266 g/mol. The van der Waals surface area contributed by atoms with E-state index < -0.39 is 12.0 Å². The second-order valence-corrected chi connectivity index (χ2v) is 5.66. The first-order valence-corrected chi connectivity index (χ1v) is 7.05. The molecule has 0 aliphatic carbocycles. The molecule has 19 heavy (non-hydrogen) atoms. The molecule has 1 N–H and O–H groups in total. The molecule has 0 spiro atoms. The second kappa shape index (κ2) is 5.66. The standard InChI is InChI=1S/C12H17N3O3S/c1-8(12(17)18)14-3-5-15(6-4-14)11(16)10-7-19-9(2)13-10/h7-8H,3-6H2,1-2H3,(H,17,18). The predicted octanol–water partition coefficient (Wildman–Crippen LogP) is 0.682. The maximum atomic E-state index is 12.2. The van der Waals surface area contributed by atoms with Crippen LogP contribution in [0.2, 0.25) is 0 Å². The Morgan fingerprint density at radius 3 is 2.47 bits per heavy atom. The van der Waals surface area contributed by atoms with Crippen molar-refractivity contribution < 1.29 is 14.7 Å². The number of piperazine rings is 1. The third-order valence-corrected chi connectivity index (χ3v) is 4.12. The van der Waals surface area contributed by atoms with E-state index in [-0.39, 0.29) is 5.91 Å². The first-order chi connectivity index (χ1) is 8.99. The minimum absolute atomic E-state index is 0.0630. The van der Waals surface area contributed by atoms with Crippen LogP contribution in [0.3, 0.4) is 0 Å². The predicted molar refractivity (Wildman–Crippen MR) is 71.4 cm³/mol. The Balaban J connectivity index is 1.93. The van der Waals surface area contributed by atoms with Crippen molar-refractivity contribution in [1.82, 2.24) is 14.8 Å². The summed E-state index contributed by atoms with van der Waals surface area (Å²) in [5, 5.41) is 11.6. The van der Waals surface area contributed by atoms with Gasteiger partial charge in [0.1, 0.15) is 11.7 Å². The van der Waals surface area contributed by atoms with Crippen LogP contribution in [-0.2, 0) is 4.79 Å². The lowest BCUT2D eigenvalue weighted by Gasteiger charge is -2.36. The fourth-order valence-corrected chi connectivity index (χ4v) is 2.68. The minimum atomic E-state index is -0.824. The van der Waals surface area contributed by atoms with E-state index >= 15 is 0 Å². The van der Waals surface area contributed by atoms with Gasteiger partial charge in [-0.05, 0) is 13.8 Å². The summed E-state index contributed by atoms with van der Waals surface area (Å²) in [5.41, 5.74) is 0.488. The molecule has 2 rings (SSSR count). The van der Waals surface area contributed by atoms with Gasteiger partial charge in [-0.15, -0.1) is 11.3 Å². The zero-order chi connectivity index (χ0) is 14.0. The average molecular weight is 283 g/mol. The summed E-state index contributed by atoms with van der Waals surface area (Å²) in [6.07, 6.45) is 0. The molecule has 1 atom stereocenters. The molecule has 1 aromatic heterocycles. The highest BCUT2D eigenvalue weighted by Crippen LogP contribution is 2.13. The molecule has 0 radical (unpaired) electrons. The number of nitrogens with zero attached hydrogens (tertiary/aromatic N) is 3. The molecule has 1 aromatic rings. The van der Waals surface area contributed by atoms with Crippen LogP contribution < -0.4 is 0 Å². The molecule has 1 saturated heterocycles. The Hall–Kier alpha value is -1.47. The van der Waals surface area contributed by atoms with Crippen molar-refractivity contribution in [3.63, 3.8) is 0 Å². The van der Waals surface area contributed by atoms with Gasteiger partial charge in [0.15, 0.2) is 0 Å². The van der Waals surface area contributed by atoms with Gasteiger partial charge >= 0.3 is 5.97 Å². The monoisotopic (exact) mass is 283 g/mol. The zero-order valence-corrected chi connectivity index (χ0v) is 11.8. The highest BCUT2D eigenvalue weighted by molar-refractivity contribution is 7.09. The summed E-state index contributed by atoms with van der Waals surface area (Å²) in [4.78, 5) is 30.9. The molecule has 104 valence electrons. The third kappa shape index (κ3) is 3.10. The third-order valence-electron chi connectivity index (χ3n) is 3.34. The summed E-state index contributed by atoms with van der Waals surface area (Å²) in [6.45, 7) is 5.81. The molecule has 0 saturated carbocycles. The topological polar surface area (TPSA) is 73.7 Å². The largest absolute Gasteiger partial charge is 0.480 e. The lowest BCUT2D eigenvalue weighted by atomic mass is 10.2. The van der Waals surface area contributed by atoms with Gasteiger partial charge in [-0.25, -0.2) is 4.98 Å². The van der Waals surface area contributed by atoms with E-state index in [0.29, 0.717) is 31.9 Å². The summed E-state index contributed by atoms with van der Waals surface area (Å²) in [7, 11) is 0. The number of carbonyl (C=O) groups excluding carboxylic acids is 1. The fraction of sp³-hybridized carbons (Fsp3) is 0.583.